The van der Waals surface area contributed by atoms with Crippen LogP contribution in [0, 0.1) is 5.92 Å². The zero-order valence-electron chi connectivity index (χ0n) is 15.9. The van der Waals surface area contributed by atoms with Gasteiger partial charge in [0.15, 0.2) is 0 Å². The summed E-state index contributed by atoms with van der Waals surface area (Å²) >= 11 is 0. The Morgan fingerprint density at radius 3 is 2.65 bits per heavy atom. The van der Waals surface area contributed by atoms with Crippen molar-refractivity contribution < 1.29 is 0 Å². The molecule has 26 heavy (non-hydrogen) atoms. The summed E-state index contributed by atoms with van der Waals surface area (Å²) in [6, 6.07) is 9.27. The van der Waals surface area contributed by atoms with E-state index in [4.69, 9.17) is 0 Å². The molecule has 0 N–H and O–H groups in total. The van der Waals surface area contributed by atoms with E-state index < -0.39 is 0 Å². The van der Waals surface area contributed by atoms with Gasteiger partial charge in [-0.3, -0.25) is 9.80 Å². The standard InChI is InChI=1S/C22H30N4/c1-24-17-23-12-20(24)15-25-10-8-22(9-11-25)16-26(13-18-6-7-18)14-19-4-2-3-5-21(19)22/h2-5,12,17-18H,6-11,13-16H2,1H3. The van der Waals surface area contributed by atoms with Crippen LogP contribution in [0.25, 0.3) is 0 Å². The van der Waals surface area contributed by atoms with E-state index in [1.165, 1.54) is 57.6 Å². The van der Waals surface area contributed by atoms with Crippen molar-refractivity contribution in [1.29, 1.82) is 0 Å². The molecule has 5 rings (SSSR count). The zero-order chi connectivity index (χ0) is 17.6. The summed E-state index contributed by atoms with van der Waals surface area (Å²) < 4.78 is 2.15. The molecule has 2 fully saturated rings. The number of hydrogen-bond acceptors (Lipinski definition) is 3. The van der Waals surface area contributed by atoms with Crippen molar-refractivity contribution in [2.75, 3.05) is 26.2 Å². The number of piperidine rings is 1. The van der Waals surface area contributed by atoms with Crippen LogP contribution in [0.15, 0.2) is 36.8 Å². The number of nitrogens with zero attached hydrogens (tertiary/aromatic N) is 4. The fraction of sp³-hybridized carbons (Fsp3) is 0.591. The maximum absolute atomic E-state index is 4.27. The topological polar surface area (TPSA) is 24.3 Å². The van der Waals surface area contributed by atoms with Crippen LogP contribution in [0.4, 0.5) is 0 Å². The van der Waals surface area contributed by atoms with Crippen LogP contribution < -0.4 is 0 Å². The Kier molecular flexibility index (Phi) is 4.13. The van der Waals surface area contributed by atoms with E-state index in [0.717, 1.165) is 19.0 Å². The Morgan fingerprint density at radius 1 is 1.12 bits per heavy atom. The van der Waals surface area contributed by atoms with Crippen molar-refractivity contribution in [2.24, 2.45) is 13.0 Å². The van der Waals surface area contributed by atoms with Crippen molar-refractivity contribution in [3.8, 4) is 0 Å². The summed E-state index contributed by atoms with van der Waals surface area (Å²) in [5, 5.41) is 0. The molecule has 3 heterocycles. The lowest BCUT2D eigenvalue weighted by molar-refractivity contribution is 0.0912. The minimum absolute atomic E-state index is 0.368. The molecule has 0 atom stereocenters. The summed E-state index contributed by atoms with van der Waals surface area (Å²) in [5.41, 5.74) is 4.92. The normalized spacial score (nSPS) is 23.3. The lowest BCUT2D eigenvalue weighted by atomic mass is 9.68. The second kappa shape index (κ2) is 6.50. The van der Waals surface area contributed by atoms with Crippen molar-refractivity contribution in [3.63, 3.8) is 0 Å². The van der Waals surface area contributed by atoms with Gasteiger partial charge in [-0.05, 0) is 55.8 Å². The second-order valence-electron chi connectivity index (χ2n) is 8.82. The third-order valence-electron chi connectivity index (χ3n) is 6.84. The maximum Gasteiger partial charge on any atom is 0.0945 e. The minimum atomic E-state index is 0.368. The summed E-state index contributed by atoms with van der Waals surface area (Å²) in [7, 11) is 2.10. The quantitative estimate of drug-likeness (QED) is 0.846. The van der Waals surface area contributed by atoms with Crippen LogP contribution >= 0.6 is 0 Å². The molecule has 3 aliphatic rings. The molecule has 0 radical (unpaired) electrons. The maximum atomic E-state index is 4.27. The van der Waals surface area contributed by atoms with E-state index >= 15 is 0 Å². The van der Waals surface area contributed by atoms with Crippen LogP contribution in [-0.2, 0) is 25.6 Å². The minimum Gasteiger partial charge on any atom is -0.337 e. The number of benzene rings is 1. The molecule has 2 aromatic rings. The highest BCUT2D eigenvalue weighted by Crippen LogP contribution is 2.43. The van der Waals surface area contributed by atoms with Gasteiger partial charge < -0.3 is 4.57 Å². The Morgan fingerprint density at radius 2 is 1.92 bits per heavy atom. The van der Waals surface area contributed by atoms with Crippen molar-refractivity contribution in [3.05, 3.63) is 53.6 Å². The zero-order valence-corrected chi connectivity index (χ0v) is 15.9. The summed E-state index contributed by atoms with van der Waals surface area (Å²) in [6.45, 7) is 7.15. The average molecular weight is 351 g/mol. The van der Waals surface area contributed by atoms with Gasteiger partial charge in [-0.2, -0.15) is 0 Å². The average Bonchev–Trinajstić information content (AvgIpc) is 3.38. The van der Waals surface area contributed by atoms with Crippen molar-refractivity contribution in [2.45, 2.75) is 44.2 Å². The highest BCUT2D eigenvalue weighted by atomic mass is 15.2. The lowest BCUT2D eigenvalue weighted by Gasteiger charge is -2.49. The van der Waals surface area contributed by atoms with E-state index in [9.17, 15) is 0 Å². The second-order valence-corrected chi connectivity index (χ2v) is 8.82. The number of aryl methyl sites for hydroxylation is 1. The van der Waals surface area contributed by atoms with Gasteiger partial charge in [-0.15, -0.1) is 0 Å². The van der Waals surface area contributed by atoms with Gasteiger partial charge in [0.1, 0.15) is 0 Å². The number of imidazole rings is 1. The highest BCUT2D eigenvalue weighted by Gasteiger charge is 2.42. The smallest absolute Gasteiger partial charge is 0.0945 e. The van der Waals surface area contributed by atoms with Crippen LogP contribution in [0.2, 0.25) is 0 Å². The van der Waals surface area contributed by atoms with E-state index in [1.807, 2.05) is 12.5 Å². The van der Waals surface area contributed by atoms with E-state index in [-0.39, 0.29) is 0 Å². The lowest BCUT2D eigenvalue weighted by Crippen LogP contribution is -2.52. The van der Waals surface area contributed by atoms with Gasteiger partial charge in [0.25, 0.3) is 0 Å². The molecule has 0 unspecified atom stereocenters. The molecule has 1 aromatic heterocycles. The highest BCUT2D eigenvalue weighted by molar-refractivity contribution is 5.38. The van der Waals surface area contributed by atoms with Crippen molar-refractivity contribution >= 4 is 0 Å². The first kappa shape index (κ1) is 16.5. The molecule has 0 amide bonds. The van der Waals surface area contributed by atoms with Gasteiger partial charge in [-0.25, -0.2) is 4.98 Å². The van der Waals surface area contributed by atoms with Crippen LogP contribution in [0.3, 0.4) is 0 Å². The Balaban J connectivity index is 1.33. The molecule has 1 saturated heterocycles. The summed E-state index contributed by atoms with van der Waals surface area (Å²) in [4.78, 5) is 9.65. The molecule has 1 aliphatic carbocycles. The van der Waals surface area contributed by atoms with E-state index in [2.05, 4.69) is 50.7 Å². The molecule has 4 nitrogen and oxygen atoms in total. The first-order valence-corrected chi connectivity index (χ1v) is 10.2. The number of hydrogen-bond donors (Lipinski definition) is 0. The van der Waals surface area contributed by atoms with Crippen LogP contribution in [0.1, 0.15) is 42.5 Å². The molecule has 1 spiro atoms. The number of fused-ring (bicyclic) bond motifs is 2. The number of likely N-dealkylation sites (tertiary alicyclic amines) is 1. The Labute approximate surface area is 156 Å². The predicted octanol–water partition coefficient (Wildman–Crippen LogP) is 3.18. The molecule has 2 aliphatic heterocycles. The number of rotatable bonds is 4. The molecule has 0 bridgehead atoms. The van der Waals surface area contributed by atoms with Crippen molar-refractivity contribution in [1.82, 2.24) is 19.4 Å². The molecular formula is C22H30N4. The molecule has 1 saturated carbocycles. The summed E-state index contributed by atoms with van der Waals surface area (Å²) in [6.07, 6.45) is 9.38. The third-order valence-corrected chi connectivity index (χ3v) is 6.84. The molecule has 4 heteroatoms. The van der Waals surface area contributed by atoms with Gasteiger partial charge in [0, 0.05) is 44.8 Å². The molecule has 1 aromatic carbocycles. The monoisotopic (exact) mass is 350 g/mol. The molecule has 138 valence electrons. The van der Waals surface area contributed by atoms with Gasteiger partial charge in [0.05, 0.1) is 12.0 Å². The third kappa shape index (κ3) is 3.10. The first-order valence-electron chi connectivity index (χ1n) is 10.2. The predicted molar refractivity (Wildman–Crippen MR) is 104 cm³/mol. The van der Waals surface area contributed by atoms with E-state index in [0.29, 0.717) is 5.41 Å². The summed E-state index contributed by atoms with van der Waals surface area (Å²) in [5.74, 6) is 0.974. The van der Waals surface area contributed by atoms with Crippen LogP contribution in [-0.4, -0.2) is 45.5 Å². The van der Waals surface area contributed by atoms with Crippen LogP contribution in [0.5, 0.6) is 0 Å². The Bertz CT molecular complexity index is 768. The molecular weight excluding hydrogens is 320 g/mol. The number of aromatic nitrogens is 2. The Hall–Kier alpha value is -1.65. The SMILES string of the molecule is Cn1cncc1CN1CCC2(CC1)CN(CC1CC1)Cc1ccccc12. The van der Waals surface area contributed by atoms with Gasteiger partial charge in [0.2, 0.25) is 0 Å². The van der Waals surface area contributed by atoms with E-state index in [1.54, 1.807) is 11.1 Å². The fourth-order valence-electron chi connectivity index (χ4n) is 5.11. The van der Waals surface area contributed by atoms with Gasteiger partial charge >= 0.3 is 0 Å². The van der Waals surface area contributed by atoms with Gasteiger partial charge in [-0.1, -0.05) is 24.3 Å². The first-order chi connectivity index (χ1) is 12.7. The fourth-order valence-corrected chi connectivity index (χ4v) is 5.11. The largest absolute Gasteiger partial charge is 0.337 e.